The zero-order valence-corrected chi connectivity index (χ0v) is 24.2. The normalized spacial score (nSPS) is 14.9. The van der Waals surface area contributed by atoms with Crippen LogP contribution in [0.25, 0.3) is 0 Å². The Morgan fingerprint density at radius 3 is 2.39 bits per heavy atom. The van der Waals surface area contributed by atoms with Crippen molar-refractivity contribution in [3.05, 3.63) is 47.9 Å². The highest BCUT2D eigenvalue weighted by Gasteiger charge is 2.29. The van der Waals surface area contributed by atoms with Gasteiger partial charge >= 0.3 is 0 Å². The number of Topliss-reactive ketones (excluding diaryl/α,β-unsaturated/α-hetero) is 1. The number of hydrogen-bond donors (Lipinski definition) is 2. The highest BCUT2D eigenvalue weighted by Crippen LogP contribution is 2.32. The SMILES string of the molecule is COCCCOc1cc(C[C@@H](C[C@H](N)[C@@H](O)C[C@H](C(=O)CCc2ccco2)C(C)C)C(C)C)ccc1OC. The quantitative estimate of drug-likeness (QED) is 0.232. The number of methoxy groups -OCH3 is 2. The summed E-state index contributed by atoms with van der Waals surface area (Å²) in [6.07, 6.45) is 4.51. The summed E-state index contributed by atoms with van der Waals surface area (Å²) < 4.78 is 21.9. The van der Waals surface area contributed by atoms with Gasteiger partial charge in [-0.05, 0) is 66.8 Å². The molecule has 2 rings (SSSR count). The number of furan rings is 1. The second-order valence-corrected chi connectivity index (χ2v) is 11.0. The Bertz CT molecular complexity index is 926. The summed E-state index contributed by atoms with van der Waals surface area (Å²) in [4.78, 5) is 13.0. The third-order valence-electron chi connectivity index (χ3n) is 7.40. The lowest BCUT2D eigenvalue weighted by Crippen LogP contribution is -2.40. The first kappa shape index (κ1) is 31.9. The van der Waals surface area contributed by atoms with E-state index in [0.717, 1.165) is 29.9 Å². The van der Waals surface area contributed by atoms with Gasteiger partial charge in [-0.25, -0.2) is 0 Å². The molecule has 0 aliphatic rings. The molecule has 0 aliphatic heterocycles. The largest absolute Gasteiger partial charge is 0.493 e. The number of aryl methyl sites for hydroxylation is 1. The maximum absolute atomic E-state index is 13.0. The molecular weight excluding hydrogens is 482 g/mol. The van der Waals surface area contributed by atoms with E-state index in [2.05, 4.69) is 19.9 Å². The van der Waals surface area contributed by atoms with Gasteiger partial charge in [0.1, 0.15) is 11.5 Å². The van der Waals surface area contributed by atoms with Crippen LogP contribution in [0.2, 0.25) is 0 Å². The van der Waals surface area contributed by atoms with Crippen LogP contribution < -0.4 is 15.2 Å². The molecule has 4 atom stereocenters. The summed E-state index contributed by atoms with van der Waals surface area (Å²) in [5.41, 5.74) is 7.69. The zero-order valence-electron chi connectivity index (χ0n) is 24.2. The Hall–Kier alpha value is -2.35. The first-order valence-electron chi connectivity index (χ1n) is 13.9. The van der Waals surface area contributed by atoms with Crippen LogP contribution in [0.1, 0.15) is 64.7 Å². The van der Waals surface area contributed by atoms with Gasteiger partial charge in [-0.15, -0.1) is 0 Å². The number of aliphatic hydroxyl groups excluding tert-OH is 1. The van der Waals surface area contributed by atoms with Crippen LogP contribution in [0, 0.1) is 23.7 Å². The van der Waals surface area contributed by atoms with E-state index in [1.807, 2.05) is 38.1 Å². The van der Waals surface area contributed by atoms with Crippen LogP contribution in [0.4, 0.5) is 0 Å². The molecule has 214 valence electrons. The average molecular weight is 532 g/mol. The molecule has 0 unspecified atom stereocenters. The van der Waals surface area contributed by atoms with Crippen LogP contribution in [0.15, 0.2) is 41.0 Å². The van der Waals surface area contributed by atoms with Crippen molar-refractivity contribution in [2.75, 3.05) is 27.4 Å². The number of nitrogens with two attached hydrogens (primary N) is 1. The molecule has 3 N–H and O–H groups in total. The molecule has 1 heterocycles. The standard InChI is InChI=1S/C31H49NO6/c1-21(2)24(17-23-10-13-30(36-6)31(18-23)38-16-8-14-35-5)19-27(32)29(34)20-26(22(3)4)28(33)12-11-25-9-7-15-37-25/h7,9-10,13,15,18,21-22,24,26-27,29,34H,8,11-12,14,16-17,19-20,32H2,1-6H3/t24-,26-,27-,29-/m0/s1. The fraction of sp³-hybridized carbons (Fsp3) is 0.645. The lowest BCUT2D eigenvalue weighted by Gasteiger charge is -2.30. The highest BCUT2D eigenvalue weighted by atomic mass is 16.5. The summed E-state index contributed by atoms with van der Waals surface area (Å²) in [6.45, 7) is 9.63. The van der Waals surface area contributed by atoms with Crippen molar-refractivity contribution < 1.29 is 28.5 Å². The fourth-order valence-electron chi connectivity index (χ4n) is 4.84. The number of aliphatic hydroxyl groups is 1. The average Bonchev–Trinajstić information content (AvgIpc) is 3.41. The number of ketones is 1. The molecule has 38 heavy (non-hydrogen) atoms. The predicted octanol–water partition coefficient (Wildman–Crippen LogP) is 5.46. The van der Waals surface area contributed by atoms with E-state index in [-0.39, 0.29) is 23.5 Å². The van der Waals surface area contributed by atoms with Crippen LogP contribution in [-0.4, -0.2) is 50.5 Å². The van der Waals surface area contributed by atoms with E-state index in [0.29, 0.717) is 50.6 Å². The minimum atomic E-state index is -0.744. The Labute approximate surface area is 229 Å². The number of hydrogen-bond acceptors (Lipinski definition) is 7. The lowest BCUT2D eigenvalue weighted by atomic mass is 9.79. The molecule has 7 nitrogen and oxygen atoms in total. The number of rotatable bonds is 19. The van der Waals surface area contributed by atoms with Gasteiger partial charge in [-0.1, -0.05) is 33.8 Å². The summed E-state index contributed by atoms with van der Waals surface area (Å²) >= 11 is 0. The van der Waals surface area contributed by atoms with Crippen molar-refractivity contribution in [2.45, 2.75) is 78.4 Å². The topological polar surface area (TPSA) is 104 Å². The van der Waals surface area contributed by atoms with Gasteiger partial charge in [0.05, 0.1) is 26.1 Å². The third-order valence-corrected chi connectivity index (χ3v) is 7.40. The minimum absolute atomic E-state index is 0.128. The Kier molecular flexibility index (Phi) is 13.9. The number of carbonyl (C=O) groups excluding carboxylic acids is 1. The van der Waals surface area contributed by atoms with Crippen LogP contribution in [-0.2, 0) is 22.4 Å². The Morgan fingerprint density at radius 2 is 1.79 bits per heavy atom. The first-order chi connectivity index (χ1) is 18.2. The fourth-order valence-corrected chi connectivity index (χ4v) is 4.84. The van der Waals surface area contributed by atoms with E-state index in [1.165, 1.54) is 0 Å². The predicted molar refractivity (Wildman–Crippen MR) is 151 cm³/mol. The van der Waals surface area contributed by atoms with Gasteiger partial charge < -0.3 is 29.5 Å². The molecule has 0 fully saturated rings. The monoisotopic (exact) mass is 531 g/mol. The van der Waals surface area contributed by atoms with E-state index >= 15 is 0 Å². The third kappa shape index (κ3) is 10.4. The van der Waals surface area contributed by atoms with Crippen LogP contribution >= 0.6 is 0 Å². The number of ether oxygens (including phenoxy) is 3. The summed E-state index contributed by atoms with van der Waals surface area (Å²) in [6, 6.07) is 9.34. The molecule has 0 bridgehead atoms. The Balaban J connectivity index is 2.00. The summed E-state index contributed by atoms with van der Waals surface area (Å²) in [5, 5.41) is 11.0. The molecular formula is C31H49NO6. The zero-order chi connectivity index (χ0) is 28.1. The van der Waals surface area contributed by atoms with Gasteiger partial charge in [0, 0.05) is 44.9 Å². The van der Waals surface area contributed by atoms with Crippen molar-refractivity contribution in [1.29, 1.82) is 0 Å². The van der Waals surface area contributed by atoms with Gasteiger partial charge in [0.2, 0.25) is 0 Å². The van der Waals surface area contributed by atoms with Gasteiger partial charge in [0.25, 0.3) is 0 Å². The van der Waals surface area contributed by atoms with Gasteiger partial charge in [0.15, 0.2) is 11.5 Å². The molecule has 2 aromatic rings. The van der Waals surface area contributed by atoms with Crippen molar-refractivity contribution in [3.8, 4) is 11.5 Å². The van der Waals surface area contributed by atoms with E-state index in [1.54, 1.807) is 20.5 Å². The van der Waals surface area contributed by atoms with Crippen LogP contribution in [0.5, 0.6) is 11.5 Å². The molecule has 0 saturated heterocycles. The second kappa shape index (κ2) is 16.6. The lowest BCUT2D eigenvalue weighted by molar-refractivity contribution is -0.125. The van der Waals surface area contributed by atoms with Crippen molar-refractivity contribution in [2.24, 2.45) is 29.4 Å². The van der Waals surface area contributed by atoms with E-state index in [9.17, 15) is 9.90 Å². The Morgan fingerprint density at radius 1 is 1.03 bits per heavy atom. The molecule has 0 amide bonds. The smallest absolute Gasteiger partial charge is 0.161 e. The molecule has 0 aliphatic carbocycles. The molecule has 7 heteroatoms. The highest BCUT2D eigenvalue weighted by molar-refractivity contribution is 5.81. The van der Waals surface area contributed by atoms with Gasteiger partial charge in [-0.2, -0.15) is 0 Å². The molecule has 1 aromatic carbocycles. The molecule has 0 saturated carbocycles. The number of benzene rings is 1. The van der Waals surface area contributed by atoms with Gasteiger partial charge in [-0.3, -0.25) is 4.79 Å². The maximum atomic E-state index is 13.0. The van der Waals surface area contributed by atoms with Crippen molar-refractivity contribution in [3.63, 3.8) is 0 Å². The molecule has 0 radical (unpaired) electrons. The van der Waals surface area contributed by atoms with E-state index < -0.39 is 12.1 Å². The van der Waals surface area contributed by atoms with Crippen molar-refractivity contribution >= 4 is 5.78 Å². The van der Waals surface area contributed by atoms with E-state index in [4.69, 9.17) is 24.4 Å². The van der Waals surface area contributed by atoms with Crippen molar-refractivity contribution in [1.82, 2.24) is 0 Å². The first-order valence-corrected chi connectivity index (χ1v) is 13.9. The summed E-state index contributed by atoms with van der Waals surface area (Å²) in [5.74, 6) is 2.92. The second-order valence-electron chi connectivity index (χ2n) is 11.0. The molecule has 1 aromatic heterocycles. The van der Waals surface area contributed by atoms with Crippen LogP contribution in [0.3, 0.4) is 0 Å². The number of carbonyl (C=O) groups is 1. The maximum Gasteiger partial charge on any atom is 0.161 e. The minimum Gasteiger partial charge on any atom is -0.493 e. The molecule has 0 spiro atoms. The summed E-state index contributed by atoms with van der Waals surface area (Å²) in [7, 11) is 3.32.